The van der Waals surface area contributed by atoms with Gasteiger partial charge in [-0.3, -0.25) is 19.6 Å². The fourth-order valence-corrected chi connectivity index (χ4v) is 5.45. The number of carbonyl (C=O) groups is 2. The predicted molar refractivity (Wildman–Crippen MR) is 156 cm³/mol. The Morgan fingerprint density at radius 2 is 1.49 bits per heavy atom. The molecule has 0 bridgehead atoms. The van der Waals surface area contributed by atoms with Crippen molar-refractivity contribution in [2.45, 2.75) is 57.1 Å². The Morgan fingerprint density at radius 1 is 0.878 bits per heavy atom. The van der Waals surface area contributed by atoms with Gasteiger partial charge in [-0.2, -0.15) is 0 Å². The van der Waals surface area contributed by atoms with Crippen LogP contribution in [0.3, 0.4) is 0 Å². The first-order valence-corrected chi connectivity index (χ1v) is 13.9. The summed E-state index contributed by atoms with van der Waals surface area (Å²) in [5, 5.41) is 8.61. The number of rotatable bonds is 15. The van der Waals surface area contributed by atoms with E-state index in [9.17, 15) is 18.4 Å². The molecule has 3 aromatic rings. The number of carbonyl (C=O) groups excluding carboxylic acids is 2. The summed E-state index contributed by atoms with van der Waals surface area (Å²) in [5.41, 5.74) is 3.57. The van der Waals surface area contributed by atoms with Crippen molar-refractivity contribution in [1.82, 2.24) is 16.0 Å². The van der Waals surface area contributed by atoms with Gasteiger partial charge < -0.3 is 15.4 Å². The second-order valence-electron chi connectivity index (χ2n) is 9.99. The molecule has 9 heteroatoms. The van der Waals surface area contributed by atoms with Crippen molar-refractivity contribution in [3.8, 4) is 11.1 Å². The van der Waals surface area contributed by atoms with E-state index in [2.05, 4.69) is 16.0 Å². The number of nitrogens with one attached hydrogen (secondary N) is 3. The molecule has 0 heterocycles. The standard InChI is InChI=1S/C32H37F2N3O3.FH.H2/c1-2-28(37-22-40-21-23-12-4-3-5-13-23)30(38)35-19-11-10-18-32(31(39)36-20-29(33)34)26-16-8-6-14-24(26)25-15-7-9-17-27(25)32;;/h3-9,12-17,28-29,37H,2,10-11,18-22H2,1H3,(H,35,38)(H,36,39);2*1H. The molecule has 0 aromatic heterocycles. The lowest BCUT2D eigenvalue weighted by Crippen LogP contribution is -2.46. The lowest BCUT2D eigenvalue weighted by Gasteiger charge is -2.31. The molecule has 4 rings (SSSR count). The molecule has 1 aliphatic rings. The van der Waals surface area contributed by atoms with Gasteiger partial charge in [0.15, 0.2) is 0 Å². The van der Waals surface area contributed by atoms with Crippen LogP contribution < -0.4 is 16.0 Å². The molecule has 0 saturated carbocycles. The van der Waals surface area contributed by atoms with Gasteiger partial charge in [-0.05, 0) is 53.5 Å². The van der Waals surface area contributed by atoms with Gasteiger partial charge in [-0.15, -0.1) is 0 Å². The minimum atomic E-state index is -2.63. The quantitative estimate of drug-likeness (QED) is 0.165. The van der Waals surface area contributed by atoms with E-state index in [1.165, 1.54) is 0 Å². The molecule has 1 unspecified atom stereocenters. The molecule has 0 spiro atoms. The van der Waals surface area contributed by atoms with Gasteiger partial charge in [0.05, 0.1) is 25.9 Å². The number of halogens is 3. The van der Waals surface area contributed by atoms with Gasteiger partial charge in [0.25, 0.3) is 6.43 Å². The Hall–Kier alpha value is -3.69. The Kier molecular flexibility index (Phi) is 11.9. The first kappa shape index (κ1) is 31.8. The van der Waals surface area contributed by atoms with Gasteiger partial charge in [0.2, 0.25) is 11.8 Å². The van der Waals surface area contributed by atoms with Crippen LogP contribution in [0, 0.1) is 0 Å². The molecule has 1 aliphatic carbocycles. The van der Waals surface area contributed by atoms with Crippen LogP contribution in [-0.2, 0) is 26.3 Å². The molecule has 222 valence electrons. The molecule has 1 atom stereocenters. The lowest BCUT2D eigenvalue weighted by atomic mass is 9.73. The van der Waals surface area contributed by atoms with Gasteiger partial charge in [0.1, 0.15) is 5.41 Å². The number of hydrogen-bond donors (Lipinski definition) is 3. The summed E-state index contributed by atoms with van der Waals surface area (Å²) in [7, 11) is 0. The molecule has 3 N–H and O–H groups in total. The zero-order chi connectivity index (χ0) is 28.4. The van der Waals surface area contributed by atoms with Crippen molar-refractivity contribution in [2.75, 3.05) is 19.8 Å². The zero-order valence-corrected chi connectivity index (χ0v) is 23.2. The Balaban J connectivity index is 0.00000308. The van der Waals surface area contributed by atoms with Crippen molar-refractivity contribution >= 4 is 11.8 Å². The highest BCUT2D eigenvalue weighted by Crippen LogP contribution is 2.51. The molecule has 41 heavy (non-hydrogen) atoms. The largest absolute Gasteiger partial charge is 0.362 e. The van der Waals surface area contributed by atoms with E-state index in [0.717, 1.165) is 27.8 Å². The number of alkyl halides is 2. The highest BCUT2D eigenvalue weighted by molar-refractivity contribution is 6.00. The number of hydrogen-bond acceptors (Lipinski definition) is 4. The third-order valence-electron chi connectivity index (χ3n) is 7.41. The highest BCUT2D eigenvalue weighted by atomic mass is 19.3. The second-order valence-corrected chi connectivity index (χ2v) is 9.99. The zero-order valence-electron chi connectivity index (χ0n) is 23.2. The van der Waals surface area contributed by atoms with Crippen molar-refractivity contribution in [3.63, 3.8) is 0 Å². The maximum Gasteiger partial charge on any atom is 0.255 e. The maximum absolute atomic E-state index is 13.6. The van der Waals surface area contributed by atoms with Crippen LogP contribution in [0.25, 0.3) is 11.1 Å². The number of ether oxygens (including phenoxy) is 1. The van der Waals surface area contributed by atoms with Crippen LogP contribution in [0.5, 0.6) is 0 Å². The van der Waals surface area contributed by atoms with Gasteiger partial charge >= 0.3 is 0 Å². The van der Waals surface area contributed by atoms with Gasteiger partial charge in [0, 0.05) is 7.97 Å². The minimum absolute atomic E-state index is 0. The van der Waals surface area contributed by atoms with Crippen LogP contribution in [0.4, 0.5) is 13.5 Å². The average Bonchev–Trinajstić information content (AvgIpc) is 3.27. The van der Waals surface area contributed by atoms with Crippen LogP contribution >= 0.6 is 0 Å². The minimum Gasteiger partial charge on any atom is -0.362 e. The average molecular weight is 572 g/mol. The summed E-state index contributed by atoms with van der Waals surface area (Å²) >= 11 is 0. The summed E-state index contributed by atoms with van der Waals surface area (Å²) in [6, 6.07) is 24.8. The van der Waals surface area contributed by atoms with Gasteiger partial charge in [-0.1, -0.05) is 85.8 Å². The van der Waals surface area contributed by atoms with E-state index in [4.69, 9.17) is 4.74 Å². The molecule has 3 aromatic carbocycles. The second kappa shape index (κ2) is 15.3. The summed E-state index contributed by atoms with van der Waals surface area (Å²) in [6.45, 7) is 2.41. The summed E-state index contributed by atoms with van der Waals surface area (Å²) in [4.78, 5) is 26.3. The van der Waals surface area contributed by atoms with Crippen molar-refractivity contribution in [2.24, 2.45) is 0 Å². The number of amides is 2. The first-order chi connectivity index (χ1) is 19.5. The van der Waals surface area contributed by atoms with E-state index in [-0.39, 0.29) is 24.8 Å². The molecular weight excluding hydrogens is 531 g/mol. The van der Waals surface area contributed by atoms with E-state index in [0.29, 0.717) is 38.8 Å². The van der Waals surface area contributed by atoms with Crippen LogP contribution in [0.15, 0.2) is 78.9 Å². The first-order valence-electron chi connectivity index (χ1n) is 13.9. The monoisotopic (exact) mass is 571 g/mol. The topological polar surface area (TPSA) is 79.5 Å². The smallest absolute Gasteiger partial charge is 0.255 e. The lowest BCUT2D eigenvalue weighted by molar-refractivity contribution is -0.126. The molecular formula is C32H40F3N3O3. The van der Waals surface area contributed by atoms with E-state index in [1.54, 1.807) is 0 Å². The SMILES string of the molecule is CCC(NCOCc1ccccc1)C(=O)NCCCCC1(C(=O)NCC(F)F)c2ccccc2-c2ccccc21.F.[HH]. The number of benzene rings is 3. The fraction of sp³-hybridized carbons (Fsp3) is 0.375. The Morgan fingerprint density at radius 3 is 2.10 bits per heavy atom. The Bertz CT molecular complexity index is 1230. The number of unbranched alkanes of at least 4 members (excludes halogenated alkanes) is 1. The predicted octanol–water partition coefficient (Wildman–Crippen LogP) is 5.56. The normalized spacial score (nSPS) is 13.6. The summed E-state index contributed by atoms with van der Waals surface area (Å²) < 4.78 is 31.7. The van der Waals surface area contributed by atoms with Crippen LogP contribution in [0.1, 0.15) is 50.7 Å². The molecule has 0 saturated heterocycles. The third-order valence-corrected chi connectivity index (χ3v) is 7.41. The maximum atomic E-state index is 13.6. The van der Waals surface area contributed by atoms with Crippen LogP contribution in [0.2, 0.25) is 0 Å². The van der Waals surface area contributed by atoms with Crippen molar-refractivity contribution < 1.29 is 29.2 Å². The summed E-state index contributed by atoms with van der Waals surface area (Å²) in [5.74, 6) is -0.522. The molecule has 6 nitrogen and oxygen atoms in total. The summed E-state index contributed by atoms with van der Waals surface area (Å²) in [6.07, 6.45) is -0.320. The molecule has 0 radical (unpaired) electrons. The number of fused-ring (bicyclic) bond motifs is 3. The van der Waals surface area contributed by atoms with Crippen LogP contribution in [-0.4, -0.2) is 44.1 Å². The van der Waals surface area contributed by atoms with Crippen molar-refractivity contribution in [1.29, 1.82) is 0 Å². The molecule has 0 aliphatic heterocycles. The van der Waals surface area contributed by atoms with Gasteiger partial charge in [-0.25, -0.2) is 8.78 Å². The highest BCUT2D eigenvalue weighted by Gasteiger charge is 2.48. The Labute approximate surface area is 240 Å². The van der Waals surface area contributed by atoms with E-state index >= 15 is 0 Å². The third kappa shape index (κ3) is 7.54. The fourth-order valence-electron chi connectivity index (χ4n) is 5.45. The molecule has 0 fully saturated rings. The van der Waals surface area contributed by atoms with E-state index in [1.807, 2.05) is 85.8 Å². The van der Waals surface area contributed by atoms with E-state index < -0.39 is 24.3 Å². The van der Waals surface area contributed by atoms with Crippen molar-refractivity contribution in [3.05, 3.63) is 95.6 Å². The molecule has 2 amide bonds.